The van der Waals surface area contributed by atoms with E-state index in [-0.39, 0.29) is 6.61 Å². The lowest BCUT2D eigenvalue weighted by molar-refractivity contribution is 0.366. The van der Waals surface area contributed by atoms with Crippen LogP contribution >= 0.6 is 34.2 Å². The average molecular weight is 398 g/mol. The second-order valence-electron chi connectivity index (χ2n) is 4.08. The summed E-state index contributed by atoms with van der Waals surface area (Å²) in [4.78, 5) is 0. The van der Waals surface area contributed by atoms with Gasteiger partial charge in [-0.05, 0) is 46.9 Å². The number of para-hydroxylation sites is 1. The summed E-state index contributed by atoms with van der Waals surface area (Å²) in [6.45, 7) is 0.938. The van der Waals surface area contributed by atoms with E-state index in [1.165, 1.54) is 0 Å². The van der Waals surface area contributed by atoms with E-state index >= 15 is 0 Å². The Morgan fingerprint density at radius 2 is 2.05 bits per heavy atom. The zero-order valence-corrected chi connectivity index (χ0v) is 13.6. The standard InChI is InChI=1S/C16H13ClINO/c1-2-9-20-16-6-4-3-5-12(16)11-19-15-8-7-13(17)10-14(15)18/h1,3-8,10,19H,9,11H2. The molecule has 0 saturated heterocycles. The first-order chi connectivity index (χ1) is 9.70. The van der Waals surface area contributed by atoms with Crippen LogP contribution in [-0.4, -0.2) is 6.61 Å². The zero-order valence-electron chi connectivity index (χ0n) is 10.7. The molecule has 102 valence electrons. The van der Waals surface area contributed by atoms with Crippen LogP contribution in [0.3, 0.4) is 0 Å². The number of anilines is 1. The fourth-order valence-electron chi connectivity index (χ4n) is 1.73. The van der Waals surface area contributed by atoms with Crippen LogP contribution in [0.2, 0.25) is 5.02 Å². The number of hydrogen-bond acceptors (Lipinski definition) is 2. The first-order valence-corrected chi connectivity index (χ1v) is 7.49. The van der Waals surface area contributed by atoms with Crippen LogP contribution in [0.4, 0.5) is 5.69 Å². The third-order valence-corrected chi connectivity index (χ3v) is 3.81. The van der Waals surface area contributed by atoms with Gasteiger partial charge in [0.05, 0.1) is 0 Å². The third-order valence-electron chi connectivity index (χ3n) is 2.68. The number of halogens is 2. The monoisotopic (exact) mass is 397 g/mol. The van der Waals surface area contributed by atoms with Gasteiger partial charge in [0.25, 0.3) is 0 Å². The van der Waals surface area contributed by atoms with Crippen molar-refractivity contribution >= 4 is 39.9 Å². The first-order valence-electron chi connectivity index (χ1n) is 6.04. The van der Waals surface area contributed by atoms with E-state index in [2.05, 4.69) is 33.8 Å². The maximum absolute atomic E-state index is 5.95. The summed E-state index contributed by atoms with van der Waals surface area (Å²) < 4.78 is 6.61. The smallest absolute Gasteiger partial charge is 0.148 e. The Morgan fingerprint density at radius 1 is 1.25 bits per heavy atom. The summed E-state index contributed by atoms with van der Waals surface area (Å²) >= 11 is 8.20. The highest BCUT2D eigenvalue weighted by Gasteiger charge is 2.04. The molecule has 2 aromatic carbocycles. The number of hydrogen-bond donors (Lipinski definition) is 1. The van der Waals surface area contributed by atoms with Gasteiger partial charge in [-0.3, -0.25) is 0 Å². The van der Waals surface area contributed by atoms with Crippen LogP contribution in [0.1, 0.15) is 5.56 Å². The summed E-state index contributed by atoms with van der Waals surface area (Å²) in [5, 5.41) is 4.11. The van der Waals surface area contributed by atoms with Crippen molar-refractivity contribution in [3.05, 3.63) is 56.6 Å². The zero-order chi connectivity index (χ0) is 14.4. The lowest BCUT2D eigenvalue weighted by Gasteiger charge is -2.12. The highest BCUT2D eigenvalue weighted by Crippen LogP contribution is 2.24. The molecule has 0 aromatic heterocycles. The normalized spacial score (nSPS) is 9.85. The fourth-order valence-corrected chi connectivity index (χ4v) is 2.80. The first kappa shape index (κ1) is 15.0. The maximum Gasteiger partial charge on any atom is 0.148 e. The molecule has 2 aromatic rings. The molecule has 20 heavy (non-hydrogen) atoms. The van der Waals surface area contributed by atoms with Crippen molar-refractivity contribution in [2.75, 3.05) is 11.9 Å². The minimum atomic E-state index is 0.273. The van der Waals surface area contributed by atoms with Crippen molar-refractivity contribution in [3.8, 4) is 18.1 Å². The molecule has 0 aliphatic heterocycles. The molecule has 0 saturated carbocycles. The largest absolute Gasteiger partial charge is 0.481 e. The van der Waals surface area contributed by atoms with Crippen molar-refractivity contribution < 1.29 is 4.74 Å². The van der Waals surface area contributed by atoms with Gasteiger partial charge in [0.2, 0.25) is 0 Å². The molecule has 0 unspecified atom stereocenters. The molecule has 4 heteroatoms. The Kier molecular flexibility index (Phi) is 5.57. The quantitative estimate of drug-likeness (QED) is 0.589. The third kappa shape index (κ3) is 4.06. The topological polar surface area (TPSA) is 21.3 Å². The molecule has 0 atom stereocenters. The van der Waals surface area contributed by atoms with E-state index in [0.717, 1.165) is 25.6 Å². The molecule has 0 fully saturated rings. The molecule has 0 spiro atoms. The van der Waals surface area contributed by atoms with E-state index in [1.54, 1.807) is 0 Å². The van der Waals surface area contributed by atoms with E-state index in [9.17, 15) is 0 Å². The number of rotatable bonds is 5. The Labute approximate surface area is 137 Å². The molecule has 0 amide bonds. The summed E-state index contributed by atoms with van der Waals surface area (Å²) in [5.41, 5.74) is 2.11. The van der Waals surface area contributed by atoms with Gasteiger partial charge in [0, 0.05) is 26.4 Å². The van der Waals surface area contributed by atoms with Crippen molar-refractivity contribution in [2.45, 2.75) is 6.54 Å². The van der Waals surface area contributed by atoms with Gasteiger partial charge in [0.1, 0.15) is 12.4 Å². The van der Waals surface area contributed by atoms with Crippen LogP contribution in [0.25, 0.3) is 0 Å². The molecule has 0 heterocycles. The highest BCUT2D eigenvalue weighted by molar-refractivity contribution is 14.1. The number of terminal acetylenes is 1. The lowest BCUT2D eigenvalue weighted by atomic mass is 10.2. The Balaban J connectivity index is 2.09. The van der Waals surface area contributed by atoms with Gasteiger partial charge in [-0.1, -0.05) is 35.7 Å². The molecular weight excluding hydrogens is 385 g/mol. The van der Waals surface area contributed by atoms with Gasteiger partial charge in [-0.2, -0.15) is 0 Å². The van der Waals surface area contributed by atoms with E-state index in [0.29, 0.717) is 6.54 Å². The molecule has 0 bridgehead atoms. The van der Waals surface area contributed by atoms with Gasteiger partial charge in [-0.25, -0.2) is 0 Å². The van der Waals surface area contributed by atoms with Crippen molar-refractivity contribution in [1.29, 1.82) is 0 Å². The summed E-state index contributed by atoms with van der Waals surface area (Å²) in [5.74, 6) is 3.28. The summed E-state index contributed by atoms with van der Waals surface area (Å²) in [6.07, 6.45) is 5.22. The Morgan fingerprint density at radius 3 is 2.80 bits per heavy atom. The van der Waals surface area contributed by atoms with Crippen molar-refractivity contribution in [3.63, 3.8) is 0 Å². The molecule has 0 aliphatic rings. The Bertz CT molecular complexity index is 637. The van der Waals surface area contributed by atoms with E-state index in [4.69, 9.17) is 22.8 Å². The van der Waals surface area contributed by atoms with Crippen LogP contribution in [0.5, 0.6) is 5.75 Å². The van der Waals surface area contributed by atoms with Crippen molar-refractivity contribution in [1.82, 2.24) is 0 Å². The minimum Gasteiger partial charge on any atom is -0.481 e. The number of nitrogens with one attached hydrogen (secondary N) is 1. The predicted octanol–water partition coefficient (Wildman–Crippen LogP) is 4.57. The lowest BCUT2D eigenvalue weighted by Crippen LogP contribution is -2.04. The molecule has 0 aliphatic carbocycles. The van der Waals surface area contributed by atoms with E-state index in [1.807, 2.05) is 42.5 Å². The molecule has 1 N–H and O–H groups in total. The van der Waals surface area contributed by atoms with Crippen molar-refractivity contribution in [2.24, 2.45) is 0 Å². The van der Waals surface area contributed by atoms with E-state index < -0.39 is 0 Å². The number of ether oxygens (including phenoxy) is 1. The average Bonchev–Trinajstić information content (AvgIpc) is 2.45. The summed E-state index contributed by atoms with van der Waals surface area (Å²) in [7, 11) is 0. The summed E-state index contributed by atoms with van der Waals surface area (Å²) in [6, 6.07) is 13.6. The SMILES string of the molecule is C#CCOc1ccccc1CNc1ccc(Cl)cc1I. The van der Waals surface area contributed by atoms with Gasteiger partial charge in [-0.15, -0.1) is 6.42 Å². The van der Waals surface area contributed by atoms with Gasteiger partial charge < -0.3 is 10.1 Å². The van der Waals surface area contributed by atoms with Crippen LogP contribution in [-0.2, 0) is 6.54 Å². The molecule has 2 nitrogen and oxygen atoms in total. The predicted molar refractivity (Wildman–Crippen MR) is 92.3 cm³/mol. The maximum atomic E-state index is 5.95. The van der Waals surface area contributed by atoms with Crippen LogP contribution < -0.4 is 10.1 Å². The second kappa shape index (κ2) is 7.41. The molecule has 2 rings (SSSR count). The minimum absolute atomic E-state index is 0.273. The van der Waals surface area contributed by atoms with Crippen LogP contribution in [0.15, 0.2) is 42.5 Å². The molecular formula is C16H13ClINO. The van der Waals surface area contributed by atoms with Gasteiger partial charge >= 0.3 is 0 Å². The van der Waals surface area contributed by atoms with Gasteiger partial charge in [0.15, 0.2) is 0 Å². The fraction of sp³-hybridized carbons (Fsp3) is 0.125. The van der Waals surface area contributed by atoms with Crippen LogP contribution in [0, 0.1) is 15.9 Å². The highest BCUT2D eigenvalue weighted by atomic mass is 127. The number of benzene rings is 2. The Hall–Kier alpha value is -1.38. The second-order valence-corrected chi connectivity index (χ2v) is 5.68. The molecule has 0 radical (unpaired) electrons.